The van der Waals surface area contributed by atoms with Crippen molar-refractivity contribution in [3.63, 3.8) is 0 Å². The molecule has 0 radical (unpaired) electrons. The highest BCUT2D eigenvalue weighted by Crippen LogP contribution is 2.19. The van der Waals surface area contributed by atoms with Gasteiger partial charge in [0.15, 0.2) is 0 Å². The number of rotatable bonds is 3. The zero-order valence-corrected chi connectivity index (χ0v) is 10.1. The Morgan fingerprint density at radius 2 is 1.92 bits per heavy atom. The fourth-order valence-electron chi connectivity index (χ4n) is 0.788. The Morgan fingerprint density at radius 1 is 1.33 bits per heavy atom. The van der Waals surface area contributed by atoms with E-state index >= 15 is 0 Å². The molecule has 0 aliphatic carbocycles. The Labute approximate surface area is 84.9 Å². The number of hydrogen-bond donors (Lipinski definition) is 0. The van der Waals surface area contributed by atoms with E-state index in [0.29, 0.717) is 5.41 Å². The normalized spacial score (nSPS) is 14.2. The van der Waals surface area contributed by atoms with E-state index < -0.39 is 0 Å². The van der Waals surface area contributed by atoms with Gasteiger partial charge in [-0.3, -0.25) is 0 Å². The highest BCUT2D eigenvalue weighted by atomic mass is 79.9. The van der Waals surface area contributed by atoms with Crippen LogP contribution < -0.4 is 0 Å². The molecule has 0 N–H and O–H groups in total. The first-order valence-electron chi connectivity index (χ1n) is 4.35. The number of alkyl halides is 1. The van der Waals surface area contributed by atoms with Gasteiger partial charge in [-0.25, -0.2) is 0 Å². The van der Waals surface area contributed by atoms with Gasteiger partial charge in [0.1, 0.15) is 0 Å². The molecule has 0 bridgehead atoms. The Balaban J connectivity index is 3.85. The van der Waals surface area contributed by atoms with Gasteiger partial charge in [0.2, 0.25) is 0 Å². The molecule has 0 unspecified atom stereocenters. The molecule has 12 heavy (non-hydrogen) atoms. The SMILES string of the molecule is CC(/C=C/CC(C)(C)C)=C\CBr. The predicted octanol–water partition coefficient (Wildman–Crippen LogP) is 4.32. The largest absolute Gasteiger partial charge is 0.0883 e. The molecule has 0 aromatic heterocycles. The first kappa shape index (κ1) is 12.0. The van der Waals surface area contributed by atoms with E-state index in [9.17, 15) is 0 Å². The van der Waals surface area contributed by atoms with Gasteiger partial charge >= 0.3 is 0 Å². The number of allylic oxidation sites excluding steroid dienone is 4. The van der Waals surface area contributed by atoms with Crippen LogP contribution in [0.25, 0.3) is 0 Å². The molecule has 0 spiro atoms. The number of hydrogen-bond acceptors (Lipinski definition) is 0. The second kappa shape index (κ2) is 5.58. The minimum atomic E-state index is 0.408. The van der Waals surface area contributed by atoms with E-state index in [1.807, 2.05) is 0 Å². The standard InChI is InChI=1S/C11H19Br/c1-10(7-9-12)6-5-8-11(2,3)4/h5-7H,8-9H2,1-4H3/b6-5+,10-7+. The van der Waals surface area contributed by atoms with Crippen LogP contribution in [0.5, 0.6) is 0 Å². The molecule has 0 rings (SSSR count). The van der Waals surface area contributed by atoms with Gasteiger partial charge in [-0.15, -0.1) is 0 Å². The third-order valence-electron chi connectivity index (χ3n) is 1.51. The summed E-state index contributed by atoms with van der Waals surface area (Å²) in [5.74, 6) is 0. The molecule has 0 amide bonds. The maximum atomic E-state index is 3.37. The van der Waals surface area contributed by atoms with Crippen molar-refractivity contribution < 1.29 is 0 Å². The van der Waals surface area contributed by atoms with Gasteiger partial charge in [0.05, 0.1) is 0 Å². The summed E-state index contributed by atoms with van der Waals surface area (Å²) in [6, 6.07) is 0. The molecule has 0 aromatic carbocycles. The van der Waals surface area contributed by atoms with Crippen molar-refractivity contribution in [1.29, 1.82) is 0 Å². The van der Waals surface area contributed by atoms with Crippen LogP contribution in [0.1, 0.15) is 34.1 Å². The third-order valence-corrected chi connectivity index (χ3v) is 1.83. The van der Waals surface area contributed by atoms with E-state index in [1.54, 1.807) is 0 Å². The minimum absolute atomic E-state index is 0.408. The lowest BCUT2D eigenvalue weighted by molar-refractivity contribution is 0.420. The fourth-order valence-corrected chi connectivity index (χ4v) is 1.30. The van der Waals surface area contributed by atoms with Crippen LogP contribution in [0.2, 0.25) is 0 Å². The number of halogens is 1. The Bertz CT molecular complexity index is 170. The van der Waals surface area contributed by atoms with Gasteiger partial charge in [-0.05, 0) is 18.8 Å². The van der Waals surface area contributed by atoms with Crippen LogP contribution in [0.15, 0.2) is 23.8 Å². The molecule has 1 heteroatoms. The molecule has 0 aliphatic rings. The molecular formula is C11H19Br. The molecule has 0 heterocycles. The molecule has 70 valence electrons. The van der Waals surface area contributed by atoms with E-state index in [0.717, 1.165) is 11.8 Å². The Morgan fingerprint density at radius 3 is 2.33 bits per heavy atom. The lowest BCUT2D eigenvalue weighted by Crippen LogP contribution is -2.01. The summed E-state index contributed by atoms with van der Waals surface area (Å²) >= 11 is 3.37. The fraction of sp³-hybridized carbons (Fsp3) is 0.636. The maximum absolute atomic E-state index is 3.37. The topological polar surface area (TPSA) is 0 Å². The maximum Gasteiger partial charge on any atom is 0.0217 e. The van der Waals surface area contributed by atoms with Crippen LogP contribution in [0.4, 0.5) is 0 Å². The van der Waals surface area contributed by atoms with E-state index in [4.69, 9.17) is 0 Å². The highest BCUT2D eigenvalue weighted by molar-refractivity contribution is 9.09. The Hall–Kier alpha value is -0.0400. The molecule has 0 atom stereocenters. The predicted molar refractivity (Wildman–Crippen MR) is 60.8 cm³/mol. The molecule has 0 saturated heterocycles. The van der Waals surface area contributed by atoms with Gasteiger partial charge in [0, 0.05) is 5.33 Å². The lowest BCUT2D eigenvalue weighted by atomic mass is 9.92. The van der Waals surface area contributed by atoms with E-state index in [-0.39, 0.29) is 0 Å². The van der Waals surface area contributed by atoms with Gasteiger partial charge in [-0.2, -0.15) is 0 Å². The lowest BCUT2D eigenvalue weighted by Gasteiger charge is -2.14. The van der Waals surface area contributed by atoms with Crippen molar-refractivity contribution in [2.24, 2.45) is 5.41 Å². The first-order valence-corrected chi connectivity index (χ1v) is 5.47. The second-order valence-electron chi connectivity index (χ2n) is 4.27. The van der Waals surface area contributed by atoms with E-state index in [1.165, 1.54) is 5.57 Å². The average Bonchev–Trinajstić information content (AvgIpc) is 1.84. The third kappa shape index (κ3) is 8.06. The van der Waals surface area contributed by atoms with Crippen molar-refractivity contribution in [2.75, 3.05) is 5.33 Å². The van der Waals surface area contributed by atoms with Gasteiger partial charge in [0.25, 0.3) is 0 Å². The molecule has 0 aromatic rings. The summed E-state index contributed by atoms with van der Waals surface area (Å²) in [4.78, 5) is 0. The van der Waals surface area contributed by atoms with Crippen molar-refractivity contribution in [3.8, 4) is 0 Å². The second-order valence-corrected chi connectivity index (χ2v) is 4.92. The van der Waals surface area contributed by atoms with Crippen LogP contribution in [-0.4, -0.2) is 5.33 Å². The van der Waals surface area contributed by atoms with Crippen LogP contribution in [0.3, 0.4) is 0 Å². The summed E-state index contributed by atoms with van der Waals surface area (Å²) < 4.78 is 0. The van der Waals surface area contributed by atoms with Crippen molar-refractivity contribution >= 4 is 15.9 Å². The molecule has 0 aliphatic heterocycles. The first-order chi connectivity index (χ1) is 5.45. The van der Waals surface area contributed by atoms with Crippen LogP contribution >= 0.6 is 15.9 Å². The summed E-state index contributed by atoms with van der Waals surface area (Å²) in [5, 5.41) is 0.943. The monoisotopic (exact) mass is 230 g/mol. The zero-order chi connectivity index (χ0) is 9.61. The molecule has 0 nitrogen and oxygen atoms in total. The smallest absolute Gasteiger partial charge is 0.0217 e. The minimum Gasteiger partial charge on any atom is -0.0883 e. The van der Waals surface area contributed by atoms with Crippen LogP contribution in [0, 0.1) is 5.41 Å². The summed E-state index contributed by atoms with van der Waals surface area (Å²) in [7, 11) is 0. The Kier molecular flexibility index (Phi) is 5.56. The van der Waals surface area contributed by atoms with Gasteiger partial charge < -0.3 is 0 Å². The molecular weight excluding hydrogens is 212 g/mol. The summed E-state index contributed by atoms with van der Waals surface area (Å²) in [5.41, 5.74) is 1.74. The van der Waals surface area contributed by atoms with Crippen molar-refractivity contribution in [2.45, 2.75) is 34.1 Å². The molecule has 0 fully saturated rings. The zero-order valence-electron chi connectivity index (χ0n) is 8.52. The quantitative estimate of drug-likeness (QED) is 0.501. The summed E-state index contributed by atoms with van der Waals surface area (Å²) in [6.45, 7) is 8.88. The van der Waals surface area contributed by atoms with E-state index in [2.05, 4.69) is 61.9 Å². The summed E-state index contributed by atoms with van der Waals surface area (Å²) in [6.07, 6.45) is 7.74. The van der Waals surface area contributed by atoms with Crippen molar-refractivity contribution in [1.82, 2.24) is 0 Å². The van der Waals surface area contributed by atoms with Crippen LogP contribution in [-0.2, 0) is 0 Å². The van der Waals surface area contributed by atoms with Crippen molar-refractivity contribution in [3.05, 3.63) is 23.8 Å². The highest BCUT2D eigenvalue weighted by Gasteiger charge is 2.05. The average molecular weight is 231 g/mol. The molecule has 0 saturated carbocycles. The van der Waals surface area contributed by atoms with Gasteiger partial charge in [-0.1, -0.05) is 60.5 Å².